The predicted octanol–water partition coefficient (Wildman–Crippen LogP) is 3.87. The molecule has 1 aromatic rings. The summed E-state index contributed by atoms with van der Waals surface area (Å²) >= 11 is 0. The zero-order valence-corrected chi connectivity index (χ0v) is 14.1. The molecule has 0 amide bonds. The molecule has 0 aliphatic rings. The monoisotopic (exact) mass is 288 g/mol. The van der Waals surface area contributed by atoms with Gasteiger partial charge in [-0.15, -0.1) is 6.58 Å². The van der Waals surface area contributed by atoms with Crippen LogP contribution in [0.15, 0.2) is 36.9 Å². The Bertz CT molecular complexity index is 381. The normalized spacial score (nSPS) is 11.3. The number of rotatable bonds is 11. The van der Waals surface area contributed by atoms with E-state index >= 15 is 0 Å². The van der Waals surface area contributed by atoms with Gasteiger partial charge in [-0.1, -0.05) is 44.2 Å². The van der Waals surface area contributed by atoms with E-state index in [1.165, 1.54) is 17.5 Å². The van der Waals surface area contributed by atoms with Crippen molar-refractivity contribution in [2.75, 3.05) is 26.7 Å². The van der Waals surface area contributed by atoms with Gasteiger partial charge in [0.05, 0.1) is 0 Å². The van der Waals surface area contributed by atoms with Gasteiger partial charge in [0, 0.05) is 6.54 Å². The highest BCUT2D eigenvalue weighted by molar-refractivity contribution is 5.22. The van der Waals surface area contributed by atoms with Crippen molar-refractivity contribution in [3.8, 4) is 0 Å². The molecule has 0 saturated heterocycles. The molecule has 0 fully saturated rings. The molecule has 0 aromatic heterocycles. The lowest BCUT2D eigenvalue weighted by Gasteiger charge is -2.16. The quantitative estimate of drug-likeness (QED) is 0.491. The minimum Gasteiger partial charge on any atom is -0.316 e. The number of hydrogen-bond acceptors (Lipinski definition) is 2. The van der Waals surface area contributed by atoms with Gasteiger partial charge in [-0.05, 0) is 63.0 Å². The highest BCUT2D eigenvalue weighted by Gasteiger charge is 2.01. The van der Waals surface area contributed by atoms with Gasteiger partial charge in [-0.25, -0.2) is 0 Å². The third-order valence-corrected chi connectivity index (χ3v) is 3.57. The SMILES string of the molecule is C=CCCCN(C)Cc1ccc(CCNCC(C)C)cc1. The Hall–Kier alpha value is -1.12. The molecule has 0 atom stereocenters. The average molecular weight is 288 g/mol. The molecule has 1 aromatic carbocycles. The van der Waals surface area contributed by atoms with Crippen molar-refractivity contribution in [1.29, 1.82) is 0 Å². The molecular formula is C19H32N2. The molecule has 0 saturated carbocycles. The first kappa shape index (κ1) is 17.9. The fourth-order valence-corrected chi connectivity index (χ4v) is 2.33. The van der Waals surface area contributed by atoms with E-state index in [0.717, 1.165) is 44.9 Å². The lowest BCUT2D eigenvalue weighted by atomic mass is 10.1. The molecule has 0 bridgehead atoms. The largest absolute Gasteiger partial charge is 0.316 e. The Morgan fingerprint density at radius 1 is 1.19 bits per heavy atom. The average Bonchev–Trinajstić information content (AvgIpc) is 2.45. The maximum Gasteiger partial charge on any atom is 0.0230 e. The van der Waals surface area contributed by atoms with Gasteiger partial charge >= 0.3 is 0 Å². The zero-order valence-electron chi connectivity index (χ0n) is 14.1. The second-order valence-corrected chi connectivity index (χ2v) is 6.33. The number of allylic oxidation sites excluding steroid dienone is 1. The maximum absolute atomic E-state index is 3.77. The summed E-state index contributed by atoms with van der Waals surface area (Å²) in [5.74, 6) is 0.726. The van der Waals surface area contributed by atoms with Crippen molar-refractivity contribution in [2.24, 2.45) is 5.92 Å². The number of benzene rings is 1. The van der Waals surface area contributed by atoms with Crippen molar-refractivity contribution in [2.45, 2.75) is 39.7 Å². The Labute approximate surface area is 131 Å². The Morgan fingerprint density at radius 3 is 2.48 bits per heavy atom. The fraction of sp³-hybridized carbons (Fsp3) is 0.579. The maximum atomic E-state index is 3.77. The summed E-state index contributed by atoms with van der Waals surface area (Å²) in [6, 6.07) is 9.07. The van der Waals surface area contributed by atoms with Gasteiger partial charge in [0.25, 0.3) is 0 Å². The highest BCUT2D eigenvalue weighted by Crippen LogP contribution is 2.08. The summed E-state index contributed by atoms with van der Waals surface area (Å²) in [5, 5.41) is 3.49. The third kappa shape index (κ3) is 8.69. The minimum atomic E-state index is 0.726. The number of unbranched alkanes of at least 4 members (excludes halogenated alkanes) is 1. The van der Waals surface area contributed by atoms with Crippen LogP contribution in [0.2, 0.25) is 0 Å². The molecule has 0 unspecified atom stereocenters. The van der Waals surface area contributed by atoms with E-state index in [1.54, 1.807) is 0 Å². The smallest absolute Gasteiger partial charge is 0.0230 e. The van der Waals surface area contributed by atoms with Gasteiger partial charge in [0.2, 0.25) is 0 Å². The van der Waals surface area contributed by atoms with Crippen LogP contribution in [-0.2, 0) is 13.0 Å². The van der Waals surface area contributed by atoms with Crippen LogP contribution in [0, 0.1) is 5.92 Å². The minimum absolute atomic E-state index is 0.726. The first-order valence-electron chi connectivity index (χ1n) is 8.19. The highest BCUT2D eigenvalue weighted by atomic mass is 15.1. The second-order valence-electron chi connectivity index (χ2n) is 6.33. The van der Waals surface area contributed by atoms with Crippen LogP contribution in [0.1, 0.15) is 37.8 Å². The van der Waals surface area contributed by atoms with Crippen molar-refractivity contribution in [3.05, 3.63) is 48.0 Å². The summed E-state index contributed by atoms with van der Waals surface area (Å²) in [5.41, 5.74) is 2.82. The Kier molecular flexibility index (Phi) is 9.04. The molecule has 118 valence electrons. The summed E-state index contributed by atoms with van der Waals surface area (Å²) in [7, 11) is 2.19. The summed E-state index contributed by atoms with van der Waals surface area (Å²) in [6.45, 7) is 12.6. The van der Waals surface area contributed by atoms with Crippen LogP contribution in [-0.4, -0.2) is 31.6 Å². The number of hydrogen-bond donors (Lipinski definition) is 1. The third-order valence-electron chi connectivity index (χ3n) is 3.57. The number of nitrogens with one attached hydrogen (secondary N) is 1. The first-order valence-corrected chi connectivity index (χ1v) is 8.19. The molecule has 0 aliphatic heterocycles. The topological polar surface area (TPSA) is 15.3 Å². The summed E-state index contributed by atoms with van der Waals surface area (Å²) in [6.07, 6.45) is 5.41. The van der Waals surface area contributed by atoms with Crippen molar-refractivity contribution in [1.82, 2.24) is 10.2 Å². The molecule has 1 rings (SSSR count). The van der Waals surface area contributed by atoms with Gasteiger partial charge in [-0.2, -0.15) is 0 Å². The molecule has 2 nitrogen and oxygen atoms in total. The molecule has 21 heavy (non-hydrogen) atoms. The van der Waals surface area contributed by atoms with Crippen LogP contribution >= 0.6 is 0 Å². The predicted molar refractivity (Wildman–Crippen MR) is 93.6 cm³/mol. The molecular weight excluding hydrogens is 256 g/mol. The number of nitrogens with zero attached hydrogens (tertiary/aromatic N) is 1. The van der Waals surface area contributed by atoms with E-state index in [0.29, 0.717) is 0 Å². The fourth-order valence-electron chi connectivity index (χ4n) is 2.33. The van der Waals surface area contributed by atoms with Crippen LogP contribution in [0.25, 0.3) is 0 Å². The van der Waals surface area contributed by atoms with Crippen LogP contribution < -0.4 is 5.32 Å². The van der Waals surface area contributed by atoms with Gasteiger partial charge < -0.3 is 10.2 Å². The van der Waals surface area contributed by atoms with E-state index < -0.39 is 0 Å². The lowest BCUT2D eigenvalue weighted by Crippen LogP contribution is -2.22. The van der Waals surface area contributed by atoms with E-state index in [-0.39, 0.29) is 0 Å². The Morgan fingerprint density at radius 2 is 1.86 bits per heavy atom. The van der Waals surface area contributed by atoms with Crippen LogP contribution in [0.3, 0.4) is 0 Å². The van der Waals surface area contributed by atoms with E-state index in [4.69, 9.17) is 0 Å². The van der Waals surface area contributed by atoms with E-state index in [9.17, 15) is 0 Å². The molecule has 0 heterocycles. The second kappa shape index (κ2) is 10.6. The van der Waals surface area contributed by atoms with E-state index in [2.05, 4.69) is 62.0 Å². The Balaban J connectivity index is 2.27. The molecule has 0 radical (unpaired) electrons. The molecule has 0 spiro atoms. The zero-order chi connectivity index (χ0) is 15.5. The standard InChI is InChI=1S/C19H32N2/c1-5-6-7-14-21(4)16-19-10-8-18(9-11-19)12-13-20-15-17(2)3/h5,8-11,17,20H,1,6-7,12-16H2,2-4H3. The molecule has 1 N–H and O–H groups in total. The van der Waals surface area contributed by atoms with Crippen LogP contribution in [0.4, 0.5) is 0 Å². The van der Waals surface area contributed by atoms with E-state index in [1.807, 2.05) is 6.08 Å². The summed E-state index contributed by atoms with van der Waals surface area (Å²) < 4.78 is 0. The lowest BCUT2D eigenvalue weighted by molar-refractivity contribution is 0.323. The van der Waals surface area contributed by atoms with Gasteiger partial charge in [0.15, 0.2) is 0 Å². The summed E-state index contributed by atoms with van der Waals surface area (Å²) in [4.78, 5) is 2.38. The molecule has 0 aliphatic carbocycles. The van der Waals surface area contributed by atoms with Gasteiger partial charge in [0.1, 0.15) is 0 Å². The van der Waals surface area contributed by atoms with Crippen molar-refractivity contribution >= 4 is 0 Å². The van der Waals surface area contributed by atoms with Crippen LogP contribution in [0.5, 0.6) is 0 Å². The first-order chi connectivity index (χ1) is 10.1. The van der Waals surface area contributed by atoms with Gasteiger partial charge in [-0.3, -0.25) is 0 Å². The van der Waals surface area contributed by atoms with Crippen molar-refractivity contribution < 1.29 is 0 Å². The molecule has 2 heteroatoms. The van der Waals surface area contributed by atoms with Crippen molar-refractivity contribution in [3.63, 3.8) is 0 Å².